The summed E-state index contributed by atoms with van der Waals surface area (Å²) in [6.45, 7) is 10.5. The quantitative estimate of drug-likeness (QED) is 0.324. The summed E-state index contributed by atoms with van der Waals surface area (Å²) in [5, 5.41) is 2.26. The van der Waals surface area contributed by atoms with Gasteiger partial charge in [0, 0.05) is 0 Å². The van der Waals surface area contributed by atoms with Crippen LogP contribution in [0.1, 0.15) is 33.6 Å². The summed E-state index contributed by atoms with van der Waals surface area (Å²) in [7, 11) is 0. The van der Waals surface area contributed by atoms with Crippen LogP contribution in [0.15, 0.2) is 0 Å². The van der Waals surface area contributed by atoms with Gasteiger partial charge >= 0.3 is 0 Å². The Balaban J connectivity index is 2.05. The first-order valence-electron chi connectivity index (χ1n) is 6.60. The van der Waals surface area contributed by atoms with Gasteiger partial charge in [0.25, 0.3) is 0 Å². The van der Waals surface area contributed by atoms with Gasteiger partial charge in [0.05, 0.1) is 32.2 Å². The van der Waals surface area contributed by atoms with E-state index in [-0.39, 0.29) is 11.5 Å². The average Bonchev–Trinajstić information content (AvgIpc) is 3.04. The van der Waals surface area contributed by atoms with Crippen molar-refractivity contribution in [1.82, 2.24) is 4.31 Å². The fourth-order valence-corrected chi connectivity index (χ4v) is 2.17. The number of hydrogen-bond donors (Lipinski definition) is 3. The van der Waals surface area contributed by atoms with Crippen molar-refractivity contribution in [1.29, 1.82) is 0 Å². The van der Waals surface area contributed by atoms with Crippen molar-refractivity contribution >= 4 is 12.2 Å². The maximum absolute atomic E-state index is 9.20. The zero-order valence-corrected chi connectivity index (χ0v) is 12.3. The SMILES string of the molecule is CC(C)(C)C(N)C[NH2+]CCN(CC1CC1)[SH+]O. The minimum atomic E-state index is 0.180. The highest BCUT2D eigenvalue weighted by atomic mass is 32.2. The number of nitrogens with zero attached hydrogens (tertiary/aromatic N) is 1. The van der Waals surface area contributed by atoms with Crippen LogP contribution in [-0.4, -0.2) is 41.1 Å². The van der Waals surface area contributed by atoms with Crippen molar-refractivity contribution in [2.75, 3.05) is 26.2 Å². The van der Waals surface area contributed by atoms with Crippen LogP contribution in [0, 0.1) is 11.3 Å². The van der Waals surface area contributed by atoms with Gasteiger partial charge in [-0.05, 0) is 24.2 Å². The molecule has 0 amide bonds. The lowest BCUT2D eigenvalue weighted by atomic mass is 9.87. The zero-order valence-electron chi connectivity index (χ0n) is 11.4. The maximum atomic E-state index is 9.20. The first kappa shape index (κ1) is 15.2. The van der Waals surface area contributed by atoms with Gasteiger partial charge < -0.3 is 11.1 Å². The van der Waals surface area contributed by atoms with Crippen LogP contribution in [-0.2, 0) is 12.2 Å². The molecule has 1 atom stereocenters. The van der Waals surface area contributed by atoms with E-state index in [1.807, 2.05) is 0 Å². The molecule has 0 aliphatic heterocycles. The molecule has 17 heavy (non-hydrogen) atoms. The van der Waals surface area contributed by atoms with Crippen molar-refractivity contribution in [3.8, 4) is 0 Å². The van der Waals surface area contributed by atoms with Crippen LogP contribution < -0.4 is 11.1 Å². The van der Waals surface area contributed by atoms with Crippen molar-refractivity contribution in [3.63, 3.8) is 0 Å². The number of quaternary nitrogens is 1. The first-order valence-corrected chi connectivity index (χ1v) is 7.40. The van der Waals surface area contributed by atoms with Crippen LogP contribution in [0.25, 0.3) is 0 Å². The molecule has 1 saturated carbocycles. The molecule has 1 aliphatic carbocycles. The van der Waals surface area contributed by atoms with Gasteiger partial charge in [-0.3, -0.25) is 0 Å². The molecule has 0 heterocycles. The molecule has 5 N–H and O–H groups in total. The molecule has 0 aromatic rings. The Morgan fingerprint density at radius 3 is 2.59 bits per heavy atom. The van der Waals surface area contributed by atoms with Gasteiger partial charge in [-0.1, -0.05) is 25.1 Å². The zero-order chi connectivity index (χ0) is 12.9. The van der Waals surface area contributed by atoms with E-state index < -0.39 is 0 Å². The lowest BCUT2D eigenvalue weighted by molar-refractivity contribution is -0.657. The number of rotatable bonds is 8. The number of thiol groups is 1. The molecule has 102 valence electrons. The van der Waals surface area contributed by atoms with Gasteiger partial charge in [-0.2, -0.15) is 4.55 Å². The van der Waals surface area contributed by atoms with Crippen LogP contribution in [0.2, 0.25) is 0 Å². The van der Waals surface area contributed by atoms with E-state index in [4.69, 9.17) is 5.73 Å². The Morgan fingerprint density at radius 2 is 2.12 bits per heavy atom. The van der Waals surface area contributed by atoms with E-state index >= 15 is 0 Å². The third-order valence-corrected chi connectivity index (χ3v) is 4.03. The second-order valence-corrected chi connectivity index (χ2v) is 6.98. The number of hydrogen-bond acceptors (Lipinski definition) is 3. The van der Waals surface area contributed by atoms with Crippen molar-refractivity contribution in [3.05, 3.63) is 0 Å². The maximum Gasteiger partial charge on any atom is 0.222 e. The van der Waals surface area contributed by atoms with Gasteiger partial charge in [-0.25, -0.2) is 0 Å². The molecule has 0 spiro atoms. The third-order valence-electron chi connectivity index (χ3n) is 3.42. The van der Waals surface area contributed by atoms with E-state index in [9.17, 15) is 4.55 Å². The minimum Gasteiger partial charge on any atom is -0.344 e. The Kier molecular flexibility index (Phi) is 6.23. The Morgan fingerprint density at radius 1 is 1.47 bits per heavy atom. The second-order valence-electron chi connectivity index (χ2n) is 6.23. The molecular formula is C12H29N3OS+2. The molecule has 1 unspecified atom stereocenters. The summed E-state index contributed by atoms with van der Waals surface area (Å²) in [5.74, 6) is 0.839. The highest BCUT2D eigenvalue weighted by Gasteiger charge is 2.28. The fourth-order valence-electron chi connectivity index (χ4n) is 1.66. The molecule has 0 aromatic carbocycles. The predicted octanol–water partition coefficient (Wildman–Crippen LogP) is -0.162. The highest BCUT2D eigenvalue weighted by molar-refractivity contribution is 7.69. The summed E-state index contributed by atoms with van der Waals surface area (Å²) < 4.78 is 11.3. The van der Waals surface area contributed by atoms with E-state index in [0.29, 0.717) is 12.2 Å². The van der Waals surface area contributed by atoms with Crippen molar-refractivity contribution in [2.45, 2.75) is 39.7 Å². The van der Waals surface area contributed by atoms with E-state index in [0.717, 1.165) is 32.1 Å². The van der Waals surface area contributed by atoms with Crippen molar-refractivity contribution < 1.29 is 9.87 Å². The summed E-state index contributed by atoms with van der Waals surface area (Å²) in [6, 6.07) is 0.228. The molecule has 4 nitrogen and oxygen atoms in total. The molecular weight excluding hydrogens is 234 g/mol. The minimum absolute atomic E-state index is 0.180. The van der Waals surface area contributed by atoms with E-state index in [1.54, 1.807) is 0 Å². The van der Waals surface area contributed by atoms with Crippen LogP contribution in [0.3, 0.4) is 0 Å². The normalized spacial score (nSPS) is 18.7. The summed E-state index contributed by atoms with van der Waals surface area (Å²) in [6.07, 6.45) is 2.68. The highest BCUT2D eigenvalue weighted by Crippen LogP contribution is 2.29. The van der Waals surface area contributed by atoms with Gasteiger partial charge in [-0.15, -0.1) is 0 Å². The molecule has 5 heteroatoms. The molecule has 0 bridgehead atoms. The lowest BCUT2D eigenvalue weighted by Crippen LogP contribution is -2.89. The average molecular weight is 263 g/mol. The molecule has 0 aromatic heterocycles. The Hall–Kier alpha value is 0.190. The van der Waals surface area contributed by atoms with Gasteiger partial charge in [0.15, 0.2) is 0 Å². The van der Waals surface area contributed by atoms with Gasteiger partial charge in [0.1, 0.15) is 0 Å². The molecule has 1 fully saturated rings. The standard InChI is InChI=1S/C12H27N3OS/c1-12(2,3)11(13)8-14-6-7-15(17-16)9-10-4-5-10/h10-11,14,16H,4-9,13H2,1-3H3/p+2. The van der Waals surface area contributed by atoms with Crippen molar-refractivity contribution in [2.24, 2.45) is 17.1 Å². The molecule has 1 rings (SSSR count). The van der Waals surface area contributed by atoms with Crippen LogP contribution in [0.5, 0.6) is 0 Å². The predicted molar refractivity (Wildman–Crippen MR) is 74.8 cm³/mol. The smallest absolute Gasteiger partial charge is 0.222 e. The molecule has 0 saturated heterocycles. The van der Waals surface area contributed by atoms with E-state index in [1.165, 1.54) is 12.8 Å². The van der Waals surface area contributed by atoms with E-state index in [2.05, 4.69) is 30.4 Å². The topological polar surface area (TPSA) is 66.1 Å². The first-order chi connectivity index (χ1) is 7.93. The molecule has 0 radical (unpaired) electrons. The molecule has 1 aliphatic rings. The largest absolute Gasteiger partial charge is 0.344 e. The third kappa shape index (κ3) is 6.62. The number of nitrogens with two attached hydrogens (primary N) is 2. The summed E-state index contributed by atoms with van der Waals surface area (Å²) in [5.41, 5.74) is 6.27. The monoisotopic (exact) mass is 263 g/mol. The Labute approximate surface area is 110 Å². The summed E-state index contributed by atoms with van der Waals surface area (Å²) >= 11 is 0.422. The van der Waals surface area contributed by atoms with Gasteiger partial charge in [0.2, 0.25) is 12.2 Å². The second kappa shape index (κ2) is 6.95. The lowest BCUT2D eigenvalue weighted by Gasteiger charge is -2.25. The summed E-state index contributed by atoms with van der Waals surface area (Å²) in [4.78, 5) is 0. The Bertz CT molecular complexity index is 216. The van der Waals surface area contributed by atoms with Crippen LogP contribution in [0.4, 0.5) is 0 Å². The van der Waals surface area contributed by atoms with Crippen LogP contribution >= 0.6 is 0 Å². The fraction of sp³-hybridized carbons (Fsp3) is 1.00.